The maximum atomic E-state index is 12.2. The number of carbonyl (C=O) groups is 1. The molecule has 1 N–H and O–H groups in total. The zero-order valence-corrected chi connectivity index (χ0v) is 13.6. The molecule has 3 nitrogen and oxygen atoms in total. The van der Waals surface area contributed by atoms with Gasteiger partial charge in [-0.2, -0.15) is 0 Å². The molecule has 1 heterocycles. The second-order valence-corrected chi connectivity index (χ2v) is 7.13. The lowest BCUT2D eigenvalue weighted by Gasteiger charge is -2.26. The summed E-state index contributed by atoms with van der Waals surface area (Å²) in [5.74, 6) is 0.171. The number of aryl methyl sites for hydroxylation is 2. The lowest BCUT2D eigenvalue weighted by molar-refractivity contribution is -0.132. The third-order valence-electron chi connectivity index (χ3n) is 4.60. The molecule has 1 amide bonds. The number of hydrogen-bond donors (Lipinski definition) is 1. The Morgan fingerprint density at radius 3 is 2.67 bits per heavy atom. The maximum absolute atomic E-state index is 12.2. The molecule has 0 bridgehead atoms. The van der Waals surface area contributed by atoms with E-state index in [1.165, 1.54) is 5.56 Å². The van der Waals surface area contributed by atoms with Gasteiger partial charge in [0.15, 0.2) is 0 Å². The largest absolute Gasteiger partial charge is 0.387 e. The highest BCUT2D eigenvalue weighted by Gasteiger charge is 2.28. The van der Waals surface area contributed by atoms with E-state index in [1.807, 2.05) is 30.9 Å². The molecule has 1 aliphatic rings. The quantitative estimate of drug-likeness (QED) is 0.926. The van der Waals surface area contributed by atoms with E-state index < -0.39 is 6.10 Å². The predicted octanol–water partition coefficient (Wildman–Crippen LogP) is 3.38. The van der Waals surface area contributed by atoms with E-state index in [1.54, 1.807) is 0 Å². The van der Waals surface area contributed by atoms with E-state index in [2.05, 4.69) is 19.9 Å². The summed E-state index contributed by atoms with van der Waals surface area (Å²) in [4.78, 5) is 14.1. The molecular formula is C18H27NO2. The van der Waals surface area contributed by atoms with Gasteiger partial charge in [-0.25, -0.2) is 0 Å². The number of aliphatic hydroxyl groups excluding tert-OH is 1. The molecule has 1 aliphatic heterocycles. The minimum atomic E-state index is -0.601. The van der Waals surface area contributed by atoms with Gasteiger partial charge in [0.25, 0.3) is 0 Å². The molecule has 0 aromatic heterocycles. The Kier molecular flexibility index (Phi) is 4.72. The van der Waals surface area contributed by atoms with Gasteiger partial charge in [0.05, 0.1) is 12.6 Å². The van der Waals surface area contributed by atoms with Crippen LogP contribution in [0.3, 0.4) is 0 Å². The van der Waals surface area contributed by atoms with Crippen LogP contribution in [0.5, 0.6) is 0 Å². The van der Waals surface area contributed by atoms with Crippen molar-refractivity contribution in [2.45, 2.75) is 53.1 Å². The fraction of sp³-hybridized carbons (Fsp3) is 0.611. The Hall–Kier alpha value is -1.35. The van der Waals surface area contributed by atoms with Gasteiger partial charge in [0.2, 0.25) is 5.91 Å². The van der Waals surface area contributed by atoms with E-state index in [9.17, 15) is 9.90 Å². The van der Waals surface area contributed by atoms with Crippen LogP contribution in [0, 0.1) is 19.3 Å². The number of β-amino-alcohol motifs (C(OH)–C–C–N with tert-alkyl or cyclic N) is 1. The first-order valence-electron chi connectivity index (χ1n) is 7.81. The second kappa shape index (κ2) is 6.18. The molecule has 1 aromatic rings. The molecule has 1 saturated heterocycles. The van der Waals surface area contributed by atoms with Crippen molar-refractivity contribution in [1.29, 1.82) is 0 Å². The van der Waals surface area contributed by atoms with Crippen molar-refractivity contribution in [3.05, 3.63) is 34.9 Å². The van der Waals surface area contributed by atoms with E-state index >= 15 is 0 Å². The number of likely N-dealkylation sites (tertiary alicyclic amines) is 1. The summed E-state index contributed by atoms with van der Waals surface area (Å²) in [5, 5.41) is 10.5. The standard InChI is InChI=1S/C18H27NO2/c1-13-5-6-15(14(2)11-13)16(20)12-19-10-9-18(3,4)8-7-17(19)21/h5-6,11,16,20H,7-10,12H2,1-4H3. The van der Waals surface area contributed by atoms with Crippen LogP contribution in [0.25, 0.3) is 0 Å². The Morgan fingerprint density at radius 1 is 1.29 bits per heavy atom. The van der Waals surface area contributed by atoms with Crippen molar-refractivity contribution in [1.82, 2.24) is 4.90 Å². The third-order valence-corrected chi connectivity index (χ3v) is 4.60. The number of benzene rings is 1. The van der Waals surface area contributed by atoms with Crippen LogP contribution in [-0.2, 0) is 4.79 Å². The minimum absolute atomic E-state index is 0.171. The summed E-state index contributed by atoms with van der Waals surface area (Å²) in [5.41, 5.74) is 3.42. The normalized spacial score (nSPS) is 20.2. The molecule has 0 radical (unpaired) electrons. The number of amides is 1. The third kappa shape index (κ3) is 4.07. The Balaban J connectivity index is 2.07. The average Bonchev–Trinajstić information content (AvgIpc) is 2.51. The molecule has 2 rings (SSSR count). The SMILES string of the molecule is Cc1ccc(C(O)CN2CCC(C)(C)CCC2=O)c(C)c1. The van der Waals surface area contributed by atoms with Crippen LogP contribution in [-0.4, -0.2) is 29.0 Å². The summed E-state index contributed by atoms with van der Waals surface area (Å²) in [6.45, 7) is 9.63. The van der Waals surface area contributed by atoms with Crippen molar-refractivity contribution >= 4 is 5.91 Å². The molecule has 0 saturated carbocycles. The summed E-state index contributed by atoms with van der Waals surface area (Å²) in [6, 6.07) is 6.06. The fourth-order valence-corrected chi connectivity index (χ4v) is 2.99. The zero-order chi connectivity index (χ0) is 15.6. The molecule has 1 aromatic carbocycles. The van der Waals surface area contributed by atoms with E-state index in [4.69, 9.17) is 0 Å². The fourth-order valence-electron chi connectivity index (χ4n) is 2.99. The topological polar surface area (TPSA) is 40.5 Å². The van der Waals surface area contributed by atoms with Gasteiger partial charge in [-0.15, -0.1) is 0 Å². The predicted molar refractivity (Wildman–Crippen MR) is 85.1 cm³/mol. The summed E-state index contributed by atoms with van der Waals surface area (Å²) in [7, 11) is 0. The molecule has 0 spiro atoms. The average molecular weight is 289 g/mol. The number of carbonyl (C=O) groups excluding carboxylic acids is 1. The highest BCUT2D eigenvalue weighted by Crippen LogP contribution is 2.31. The smallest absolute Gasteiger partial charge is 0.222 e. The Morgan fingerprint density at radius 2 is 2.00 bits per heavy atom. The number of hydrogen-bond acceptors (Lipinski definition) is 2. The number of aliphatic hydroxyl groups is 1. The summed E-state index contributed by atoms with van der Waals surface area (Å²) >= 11 is 0. The first kappa shape index (κ1) is 16.0. The van der Waals surface area contributed by atoms with Gasteiger partial charge in [-0.3, -0.25) is 4.79 Å². The first-order valence-corrected chi connectivity index (χ1v) is 7.81. The molecule has 1 fully saturated rings. The highest BCUT2D eigenvalue weighted by atomic mass is 16.3. The first-order chi connectivity index (χ1) is 9.78. The molecule has 21 heavy (non-hydrogen) atoms. The molecule has 1 unspecified atom stereocenters. The van der Waals surface area contributed by atoms with Crippen molar-refractivity contribution in [3.8, 4) is 0 Å². The van der Waals surface area contributed by atoms with Gasteiger partial charge in [0.1, 0.15) is 0 Å². The van der Waals surface area contributed by atoms with Crippen LogP contribution in [0.1, 0.15) is 55.9 Å². The molecule has 0 aliphatic carbocycles. The second-order valence-electron chi connectivity index (χ2n) is 7.13. The van der Waals surface area contributed by atoms with Gasteiger partial charge in [0, 0.05) is 13.0 Å². The van der Waals surface area contributed by atoms with Crippen LogP contribution in [0.2, 0.25) is 0 Å². The lowest BCUT2D eigenvalue weighted by atomic mass is 9.85. The van der Waals surface area contributed by atoms with Crippen molar-refractivity contribution in [2.75, 3.05) is 13.1 Å². The van der Waals surface area contributed by atoms with Crippen LogP contribution in [0.4, 0.5) is 0 Å². The van der Waals surface area contributed by atoms with E-state index in [0.29, 0.717) is 13.0 Å². The molecule has 116 valence electrons. The van der Waals surface area contributed by atoms with Gasteiger partial charge < -0.3 is 10.0 Å². The van der Waals surface area contributed by atoms with Crippen molar-refractivity contribution < 1.29 is 9.90 Å². The lowest BCUT2D eigenvalue weighted by Crippen LogP contribution is -2.34. The van der Waals surface area contributed by atoms with Crippen LogP contribution in [0.15, 0.2) is 18.2 Å². The Labute approximate surface area is 128 Å². The van der Waals surface area contributed by atoms with Crippen molar-refractivity contribution in [2.24, 2.45) is 5.41 Å². The molecular weight excluding hydrogens is 262 g/mol. The van der Waals surface area contributed by atoms with Crippen LogP contribution >= 0.6 is 0 Å². The van der Waals surface area contributed by atoms with Crippen LogP contribution < -0.4 is 0 Å². The monoisotopic (exact) mass is 289 g/mol. The minimum Gasteiger partial charge on any atom is -0.387 e. The summed E-state index contributed by atoms with van der Waals surface area (Å²) in [6.07, 6.45) is 1.92. The number of rotatable bonds is 3. The van der Waals surface area contributed by atoms with E-state index in [0.717, 1.165) is 30.5 Å². The number of nitrogens with zero attached hydrogens (tertiary/aromatic N) is 1. The molecule has 1 atom stereocenters. The van der Waals surface area contributed by atoms with Crippen molar-refractivity contribution in [3.63, 3.8) is 0 Å². The maximum Gasteiger partial charge on any atom is 0.222 e. The highest BCUT2D eigenvalue weighted by molar-refractivity contribution is 5.76. The summed E-state index contributed by atoms with van der Waals surface area (Å²) < 4.78 is 0. The zero-order valence-electron chi connectivity index (χ0n) is 13.6. The molecule has 3 heteroatoms. The van der Waals surface area contributed by atoms with Gasteiger partial charge in [-0.05, 0) is 43.2 Å². The Bertz CT molecular complexity index is 522. The van der Waals surface area contributed by atoms with Gasteiger partial charge in [-0.1, -0.05) is 37.6 Å². The van der Waals surface area contributed by atoms with E-state index in [-0.39, 0.29) is 11.3 Å². The van der Waals surface area contributed by atoms with Gasteiger partial charge >= 0.3 is 0 Å².